The lowest BCUT2D eigenvalue weighted by atomic mass is 9.96. The normalized spacial score (nSPS) is 39.7. The van der Waals surface area contributed by atoms with Crippen LogP contribution in [0.15, 0.2) is 0 Å². The highest BCUT2D eigenvalue weighted by molar-refractivity contribution is 4.97. The lowest BCUT2D eigenvalue weighted by Gasteiger charge is -2.42. The Bertz CT molecular complexity index is 844. The largest absolute Gasteiger partial charge is 0.396 e. The summed E-state index contributed by atoms with van der Waals surface area (Å²) in [5.74, 6) is -0.950. The molecule has 16 unspecified atom stereocenters. The van der Waals surface area contributed by atoms with Crippen LogP contribution >= 0.6 is 0 Å². The summed E-state index contributed by atoms with van der Waals surface area (Å²) in [6.07, 6.45) is -25.9. The Balaban J connectivity index is 1.64. The Morgan fingerprint density at radius 2 is 1.40 bits per heavy atom. The maximum absolute atomic E-state index is 10.7. The van der Waals surface area contributed by atoms with Crippen LogP contribution in [-0.2, 0) is 33.2 Å². The number of epoxide rings is 1. The van der Waals surface area contributed by atoms with Crippen LogP contribution in [0.5, 0.6) is 0 Å². The molecule has 0 aromatic heterocycles. The molecule has 0 bridgehead atoms. The topological polar surface area (TPSA) is 290 Å². The molecule has 3 rings (SSSR count). The third-order valence-corrected chi connectivity index (χ3v) is 7.20. The van der Waals surface area contributed by atoms with E-state index in [2.05, 4.69) is 0 Å². The van der Waals surface area contributed by atoms with Crippen LogP contribution in [0.1, 0.15) is 27.7 Å². The molecule has 254 valence electrons. The molecule has 3 heterocycles. The van der Waals surface area contributed by atoms with Gasteiger partial charge in [-0.1, -0.05) is 6.92 Å². The Labute approximate surface area is 247 Å². The maximum atomic E-state index is 10.7. The number of aliphatic hydroxyl groups excluding tert-OH is 11. The molecule has 3 saturated heterocycles. The van der Waals surface area contributed by atoms with Gasteiger partial charge in [0.15, 0.2) is 31.5 Å². The third-order valence-electron chi connectivity index (χ3n) is 7.20. The van der Waals surface area contributed by atoms with Crippen LogP contribution in [-0.4, -0.2) is 180 Å². The zero-order valence-corrected chi connectivity index (χ0v) is 24.2. The molecule has 3 fully saturated rings. The van der Waals surface area contributed by atoms with Crippen LogP contribution in [0, 0.1) is 5.92 Å². The number of fused-ring (bicyclic) bond motifs is 1. The predicted molar refractivity (Wildman–Crippen MR) is 136 cm³/mol. The Morgan fingerprint density at radius 1 is 0.744 bits per heavy atom. The van der Waals surface area contributed by atoms with Crippen molar-refractivity contribution in [3.63, 3.8) is 0 Å². The highest BCUT2D eigenvalue weighted by Gasteiger charge is 2.59. The molecule has 0 aromatic carbocycles. The monoisotopic (exact) mass is 634 g/mol. The van der Waals surface area contributed by atoms with Gasteiger partial charge < -0.3 is 89.3 Å². The SMILES string of the molecule is CC(CO)C(O)C(O)C(OC1OC(CO)C(O)C(O)C1O)C(O)OC[C@@H](O)C(O)OC1C(O)C(OC(C)(C)C)OC2OC21. The van der Waals surface area contributed by atoms with Crippen molar-refractivity contribution in [1.29, 1.82) is 0 Å². The number of aliphatic hydroxyl groups is 11. The van der Waals surface area contributed by atoms with Gasteiger partial charge >= 0.3 is 0 Å². The van der Waals surface area contributed by atoms with Crippen LogP contribution < -0.4 is 0 Å². The van der Waals surface area contributed by atoms with Crippen LogP contribution in [0.2, 0.25) is 0 Å². The summed E-state index contributed by atoms with van der Waals surface area (Å²) in [6, 6.07) is 0. The minimum atomic E-state index is -2.21. The highest BCUT2D eigenvalue weighted by Crippen LogP contribution is 2.39. The summed E-state index contributed by atoms with van der Waals surface area (Å²) < 4.78 is 37.6. The third kappa shape index (κ3) is 9.18. The van der Waals surface area contributed by atoms with E-state index in [1.165, 1.54) is 6.92 Å². The van der Waals surface area contributed by atoms with Crippen LogP contribution in [0.3, 0.4) is 0 Å². The first-order valence-electron chi connectivity index (χ1n) is 13.9. The lowest BCUT2D eigenvalue weighted by Crippen LogP contribution is -2.61. The minimum absolute atomic E-state index is 0.588. The summed E-state index contributed by atoms with van der Waals surface area (Å²) in [5.41, 5.74) is -0.707. The molecule has 11 N–H and O–H groups in total. The first-order valence-corrected chi connectivity index (χ1v) is 13.9. The van der Waals surface area contributed by atoms with E-state index in [-0.39, 0.29) is 0 Å². The first kappa shape index (κ1) is 36.7. The standard InChI is InChI=1S/C25H46O18/c1-8(5-26)11(29)14(32)18(40-22-15(33)13(31)12(30)10(6-27)38-22)21(36)37-7-9(28)20(35)39-17-16(34)23(43-25(2,3)4)42-24-19(17)41-24/h8-24,26-36H,5-7H2,1-4H3/t8?,9-,10?,11?,12?,13?,14?,15?,16?,17?,18?,19?,20?,21?,22?,23?,24?/m1/s1. The fraction of sp³-hybridized carbons (Fsp3) is 1.00. The quantitative estimate of drug-likeness (QED) is 0.0590. The Kier molecular flexibility index (Phi) is 13.0. The van der Waals surface area contributed by atoms with E-state index in [4.69, 9.17) is 33.2 Å². The second-order valence-electron chi connectivity index (χ2n) is 11.9. The molecule has 3 aliphatic heterocycles. The molecule has 18 nitrogen and oxygen atoms in total. The number of hydrogen-bond donors (Lipinski definition) is 11. The minimum Gasteiger partial charge on any atom is -0.396 e. The van der Waals surface area contributed by atoms with E-state index >= 15 is 0 Å². The van der Waals surface area contributed by atoms with Gasteiger partial charge in [0.25, 0.3) is 0 Å². The van der Waals surface area contributed by atoms with Gasteiger partial charge in [-0.25, -0.2) is 0 Å². The molecule has 0 radical (unpaired) electrons. The van der Waals surface area contributed by atoms with E-state index in [9.17, 15) is 56.2 Å². The number of hydrogen-bond acceptors (Lipinski definition) is 18. The van der Waals surface area contributed by atoms with Crippen LogP contribution in [0.4, 0.5) is 0 Å². The average Bonchev–Trinajstić information content (AvgIpc) is 3.73. The van der Waals surface area contributed by atoms with E-state index < -0.39 is 130 Å². The molecule has 0 aliphatic carbocycles. The van der Waals surface area contributed by atoms with Crippen molar-refractivity contribution in [3.05, 3.63) is 0 Å². The molecule has 0 amide bonds. The number of rotatable bonds is 15. The van der Waals surface area contributed by atoms with Gasteiger partial charge in [-0.3, -0.25) is 0 Å². The summed E-state index contributed by atoms with van der Waals surface area (Å²) in [7, 11) is 0. The summed E-state index contributed by atoms with van der Waals surface area (Å²) in [4.78, 5) is 0. The molecule has 3 aliphatic rings. The fourth-order valence-corrected chi connectivity index (χ4v) is 4.53. The predicted octanol–water partition coefficient (Wildman–Crippen LogP) is -5.82. The molecule has 17 atom stereocenters. The van der Waals surface area contributed by atoms with Gasteiger partial charge in [0.2, 0.25) is 0 Å². The molecule has 18 heteroatoms. The van der Waals surface area contributed by atoms with Gasteiger partial charge in [0.05, 0.1) is 24.9 Å². The van der Waals surface area contributed by atoms with E-state index in [0.717, 1.165) is 0 Å². The van der Waals surface area contributed by atoms with Crippen molar-refractivity contribution in [2.75, 3.05) is 19.8 Å². The second-order valence-corrected chi connectivity index (χ2v) is 11.9. The van der Waals surface area contributed by atoms with Gasteiger partial charge in [-0.2, -0.15) is 0 Å². The maximum Gasteiger partial charge on any atom is 0.190 e. The zero-order chi connectivity index (χ0) is 32.4. The van der Waals surface area contributed by atoms with Crippen molar-refractivity contribution in [2.45, 2.75) is 132 Å². The van der Waals surface area contributed by atoms with Crippen molar-refractivity contribution in [1.82, 2.24) is 0 Å². The van der Waals surface area contributed by atoms with Crippen molar-refractivity contribution in [2.24, 2.45) is 5.92 Å². The Hall–Kier alpha value is -0.720. The average molecular weight is 635 g/mol. The van der Waals surface area contributed by atoms with Gasteiger partial charge in [0.1, 0.15) is 61.0 Å². The van der Waals surface area contributed by atoms with Crippen molar-refractivity contribution in [3.8, 4) is 0 Å². The van der Waals surface area contributed by atoms with E-state index in [0.29, 0.717) is 0 Å². The molecular formula is C25H46O18. The fourth-order valence-electron chi connectivity index (χ4n) is 4.53. The molecule has 0 aromatic rings. The van der Waals surface area contributed by atoms with Crippen molar-refractivity contribution >= 4 is 0 Å². The summed E-state index contributed by atoms with van der Waals surface area (Å²) in [6.45, 7) is 4.29. The molecule has 0 spiro atoms. The first-order chi connectivity index (χ1) is 20.0. The Morgan fingerprint density at radius 3 is 1.98 bits per heavy atom. The van der Waals surface area contributed by atoms with Crippen molar-refractivity contribution < 1.29 is 89.3 Å². The highest BCUT2D eigenvalue weighted by atomic mass is 16.8. The van der Waals surface area contributed by atoms with Gasteiger partial charge in [0, 0.05) is 12.5 Å². The number of ether oxygens (including phenoxy) is 7. The zero-order valence-electron chi connectivity index (χ0n) is 24.2. The summed E-state index contributed by atoms with van der Waals surface area (Å²) in [5, 5.41) is 113. The van der Waals surface area contributed by atoms with Gasteiger partial charge in [-0.05, 0) is 20.8 Å². The van der Waals surface area contributed by atoms with Gasteiger partial charge in [-0.15, -0.1) is 0 Å². The second kappa shape index (κ2) is 15.2. The van der Waals surface area contributed by atoms with E-state index in [1.807, 2.05) is 0 Å². The molecular weight excluding hydrogens is 588 g/mol. The molecule has 0 saturated carbocycles. The lowest BCUT2D eigenvalue weighted by molar-refractivity contribution is -0.343. The smallest absolute Gasteiger partial charge is 0.190 e. The van der Waals surface area contributed by atoms with Crippen LogP contribution in [0.25, 0.3) is 0 Å². The van der Waals surface area contributed by atoms with E-state index in [1.54, 1.807) is 20.8 Å². The molecule has 43 heavy (non-hydrogen) atoms. The summed E-state index contributed by atoms with van der Waals surface area (Å²) >= 11 is 0.